The van der Waals surface area contributed by atoms with E-state index >= 15 is 0 Å². The second-order valence-corrected chi connectivity index (χ2v) is 4.82. The Balaban J connectivity index is 2.63. The van der Waals surface area contributed by atoms with Crippen molar-refractivity contribution in [3.63, 3.8) is 0 Å². The molecule has 0 saturated heterocycles. The van der Waals surface area contributed by atoms with Gasteiger partial charge in [0.05, 0.1) is 6.54 Å². The van der Waals surface area contributed by atoms with Crippen LogP contribution in [0, 0.1) is 0 Å². The Kier molecular flexibility index (Phi) is 3.26. The van der Waals surface area contributed by atoms with E-state index in [4.69, 9.17) is 0 Å². The molecule has 0 aliphatic rings. The number of nitrogens with zero attached hydrogens (tertiary/aromatic N) is 3. The molecule has 1 heterocycles. The van der Waals surface area contributed by atoms with E-state index in [1.807, 2.05) is 4.68 Å². The third-order valence-corrected chi connectivity index (χ3v) is 1.91. The van der Waals surface area contributed by atoms with Crippen LogP contribution in [0.3, 0.4) is 0 Å². The molecule has 14 heavy (non-hydrogen) atoms. The highest BCUT2D eigenvalue weighted by molar-refractivity contribution is 4.87. The molecule has 0 aromatic carbocycles. The normalized spacial score (nSPS) is 12.4. The van der Waals surface area contributed by atoms with Gasteiger partial charge in [-0.3, -0.25) is 0 Å². The van der Waals surface area contributed by atoms with Crippen LogP contribution in [0.2, 0.25) is 0 Å². The molecule has 1 aromatic rings. The van der Waals surface area contributed by atoms with Crippen LogP contribution in [0.15, 0.2) is 6.33 Å². The zero-order valence-corrected chi connectivity index (χ0v) is 9.70. The van der Waals surface area contributed by atoms with Gasteiger partial charge < -0.3 is 5.32 Å². The Bertz CT molecular complexity index is 283. The lowest BCUT2D eigenvalue weighted by Crippen LogP contribution is -2.36. The Morgan fingerprint density at radius 2 is 2.07 bits per heavy atom. The van der Waals surface area contributed by atoms with Crippen molar-refractivity contribution in [3.05, 3.63) is 12.2 Å². The quantitative estimate of drug-likeness (QED) is 0.801. The van der Waals surface area contributed by atoms with Crippen LogP contribution in [0.1, 0.15) is 46.5 Å². The van der Waals surface area contributed by atoms with Crippen molar-refractivity contribution in [2.45, 2.75) is 52.7 Å². The SMILES string of the molecule is CC(C)n1ncnc1CNC(C)(C)C. The maximum Gasteiger partial charge on any atom is 0.141 e. The minimum atomic E-state index is 0.119. The lowest BCUT2D eigenvalue weighted by molar-refractivity contribution is 0.400. The molecule has 80 valence electrons. The molecule has 1 aromatic heterocycles. The summed E-state index contributed by atoms with van der Waals surface area (Å²) in [4.78, 5) is 4.23. The van der Waals surface area contributed by atoms with Crippen molar-refractivity contribution >= 4 is 0 Å². The molecule has 4 nitrogen and oxygen atoms in total. The Morgan fingerprint density at radius 1 is 1.43 bits per heavy atom. The molecule has 0 aliphatic carbocycles. The summed E-state index contributed by atoms with van der Waals surface area (Å²) in [7, 11) is 0. The van der Waals surface area contributed by atoms with Crippen LogP contribution in [-0.4, -0.2) is 20.3 Å². The first kappa shape index (κ1) is 11.2. The second-order valence-electron chi connectivity index (χ2n) is 4.82. The summed E-state index contributed by atoms with van der Waals surface area (Å²) < 4.78 is 1.94. The molecule has 0 fully saturated rings. The fourth-order valence-corrected chi connectivity index (χ4v) is 1.18. The van der Waals surface area contributed by atoms with Gasteiger partial charge >= 0.3 is 0 Å². The van der Waals surface area contributed by atoms with Crippen LogP contribution in [0.25, 0.3) is 0 Å². The smallest absolute Gasteiger partial charge is 0.141 e. The van der Waals surface area contributed by atoms with Crippen molar-refractivity contribution in [1.29, 1.82) is 0 Å². The van der Waals surface area contributed by atoms with Crippen molar-refractivity contribution < 1.29 is 0 Å². The Morgan fingerprint density at radius 3 is 2.57 bits per heavy atom. The van der Waals surface area contributed by atoms with Gasteiger partial charge in [-0.1, -0.05) is 0 Å². The van der Waals surface area contributed by atoms with E-state index in [1.54, 1.807) is 6.33 Å². The fraction of sp³-hybridized carbons (Fsp3) is 0.800. The highest BCUT2D eigenvalue weighted by Gasteiger charge is 2.12. The predicted octanol–water partition coefficient (Wildman–Crippen LogP) is 1.75. The van der Waals surface area contributed by atoms with Gasteiger partial charge in [0.2, 0.25) is 0 Å². The summed E-state index contributed by atoms with van der Waals surface area (Å²) in [5.74, 6) is 0.995. The Labute approximate surface area is 85.7 Å². The van der Waals surface area contributed by atoms with Gasteiger partial charge in [0.1, 0.15) is 12.2 Å². The molecule has 0 amide bonds. The third-order valence-electron chi connectivity index (χ3n) is 1.91. The summed E-state index contributed by atoms with van der Waals surface area (Å²) in [6.45, 7) is 11.4. The molecule has 4 heteroatoms. The molecule has 1 N–H and O–H groups in total. The largest absolute Gasteiger partial charge is 0.305 e. The summed E-state index contributed by atoms with van der Waals surface area (Å²) in [5, 5.41) is 7.58. The number of hydrogen-bond acceptors (Lipinski definition) is 3. The maximum absolute atomic E-state index is 4.23. The Hall–Kier alpha value is -0.900. The van der Waals surface area contributed by atoms with Crippen LogP contribution in [-0.2, 0) is 6.54 Å². The van der Waals surface area contributed by atoms with Crippen molar-refractivity contribution in [2.24, 2.45) is 0 Å². The maximum atomic E-state index is 4.23. The van der Waals surface area contributed by atoms with Gasteiger partial charge in [0.15, 0.2) is 0 Å². The average molecular weight is 196 g/mol. The molecule has 0 aliphatic heterocycles. The molecule has 0 bridgehead atoms. The zero-order valence-electron chi connectivity index (χ0n) is 9.70. The first-order chi connectivity index (χ1) is 6.40. The van der Waals surface area contributed by atoms with Crippen LogP contribution >= 0.6 is 0 Å². The minimum Gasteiger partial charge on any atom is -0.305 e. The van der Waals surface area contributed by atoms with Crippen molar-refractivity contribution in [2.75, 3.05) is 0 Å². The monoisotopic (exact) mass is 196 g/mol. The molecular formula is C10H20N4. The molecule has 0 spiro atoms. The standard InChI is InChI=1S/C10H20N4/c1-8(2)14-9(11-7-13-14)6-12-10(3,4)5/h7-8,12H,6H2,1-5H3. The minimum absolute atomic E-state index is 0.119. The average Bonchev–Trinajstić information content (AvgIpc) is 2.46. The summed E-state index contributed by atoms with van der Waals surface area (Å²) in [5.41, 5.74) is 0.119. The van der Waals surface area contributed by atoms with E-state index in [2.05, 4.69) is 50.0 Å². The van der Waals surface area contributed by atoms with Gasteiger partial charge in [-0.05, 0) is 34.6 Å². The second kappa shape index (κ2) is 4.09. The van der Waals surface area contributed by atoms with Gasteiger partial charge in [-0.15, -0.1) is 0 Å². The number of rotatable bonds is 3. The van der Waals surface area contributed by atoms with Crippen LogP contribution in [0.4, 0.5) is 0 Å². The van der Waals surface area contributed by atoms with Gasteiger partial charge in [0.25, 0.3) is 0 Å². The fourth-order valence-electron chi connectivity index (χ4n) is 1.18. The molecule has 1 rings (SSSR count). The lowest BCUT2D eigenvalue weighted by Gasteiger charge is -2.20. The molecular weight excluding hydrogens is 176 g/mol. The van der Waals surface area contributed by atoms with E-state index in [-0.39, 0.29) is 5.54 Å². The van der Waals surface area contributed by atoms with E-state index in [0.717, 1.165) is 12.4 Å². The summed E-state index contributed by atoms with van der Waals surface area (Å²) >= 11 is 0. The molecule has 0 unspecified atom stereocenters. The van der Waals surface area contributed by atoms with Gasteiger partial charge in [0, 0.05) is 11.6 Å². The van der Waals surface area contributed by atoms with Gasteiger partial charge in [-0.25, -0.2) is 9.67 Å². The molecule has 0 atom stereocenters. The van der Waals surface area contributed by atoms with Crippen molar-refractivity contribution in [3.8, 4) is 0 Å². The van der Waals surface area contributed by atoms with Crippen molar-refractivity contribution in [1.82, 2.24) is 20.1 Å². The molecule has 0 saturated carbocycles. The van der Waals surface area contributed by atoms with E-state index < -0.39 is 0 Å². The van der Waals surface area contributed by atoms with Gasteiger partial charge in [-0.2, -0.15) is 5.10 Å². The third kappa shape index (κ3) is 3.10. The number of hydrogen-bond donors (Lipinski definition) is 1. The van der Waals surface area contributed by atoms with Crippen LogP contribution in [0.5, 0.6) is 0 Å². The first-order valence-electron chi connectivity index (χ1n) is 5.03. The lowest BCUT2D eigenvalue weighted by atomic mass is 10.1. The summed E-state index contributed by atoms with van der Waals surface area (Å²) in [6.07, 6.45) is 1.61. The topological polar surface area (TPSA) is 42.7 Å². The predicted molar refractivity (Wildman–Crippen MR) is 57.0 cm³/mol. The van der Waals surface area contributed by atoms with E-state index in [1.165, 1.54) is 0 Å². The van der Waals surface area contributed by atoms with Crippen LogP contribution < -0.4 is 5.32 Å². The highest BCUT2D eigenvalue weighted by Crippen LogP contribution is 2.06. The molecule has 0 radical (unpaired) electrons. The van der Waals surface area contributed by atoms with E-state index in [9.17, 15) is 0 Å². The zero-order chi connectivity index (χ0) is 10.8. The first-order valence-corrected chi connectivity index (χ1v) is 5.03. The number of nitrogens with one attached hydrogen (secondary N) is 1. The highest BCUT2D eigenvalue weighted by atomic mass is 15.4. The number of aromatic nitrogens is 3. The summed E-state index contributed by atoms with van der Waals surface area (Å²) in [6, 6.07) is 0.370. The van der Waals surface area contributed by atoms with E-state index in [0.29, 0.717) is 6.04 Å².